The lowest BCUT2D eigenvalue weighted by atomic mass is 10.1. The number of anilines is 1. The number of carbonyl (C=O) groups is 3. The summed E-state index contributed by atoms with van der Waals surface area (Å²) in [6, 6.07) is 3.81. The van der Waals surface area contributed by atoms with E-state index in [2.05, 4.69) is 15.6 Å². The van der Waals surface area contributed by atoms with E-state index < -0.39 is 0 Å². The van der Waals surface area contributed by atoms with Crippen LogP contribution in [0.25, 0.3) is 0 Å². The monoisotopic (exact) mass is 422 g/mol. The molecule has 2 N–H and O–H groups in total. The molecule has 2 aromatic rings. The second kappa shape index (κ2) is 9.79. The van der Waals surface area contributed by atoms with E-state index in [1.807, 2.05) is 45.2 Å². The molecule has 9 heteroatoms. The summed E-state index contributed by atoms with van der Waals surface area (Å²) in [6.07, 6.45) is 0.395. The van der Waals surface area contributed by atoms with Crippen LogP contribution in [0.5, 0.6) is 0 Å². The number of hydrogen-bond donors (Lipinski definition) is 2. The normalized spacial score (nSPS) is 11.1. The van der Waals surface area contributed by atoms with E-state index in [0.29, 0.717) is 23.8 Å². The van der Waals surface area contributed by atoms with Gasteiger partial charge in [0.25, 0.3) is 0 Å². The molecule has 0 aliphatic heterocycles. The SMILES string of the molecule is CCN(CC(=O)NC(C)(C)C)C(=O)Cc1csc(NC(=O)Cc2cccs2)n1. The fourth-order valence-electron chi connectivity index (χ4n) is 2.45. The first-order valence-electron chi connectivity index (χ1n) is 9.01. The summed E-state index contributed by atoms with van der Waals surface area (Å²) in [4.78, 5) is 43.4. The van der Waals surface area contributed by atoms with Crippen LogP contribution in [0.3, 0.4) is 0 Å². The highest BCUT2D eigenvalue weighted by Crippen LogP contribution is 2.17. The molecule has 0 atom stereocenters. The second-order valence-electron chi connectivity index (χ2n) is 7.33. The van der Waals surface area contributed by atoms with Crippen molar-refractivity contribution in [3.8, 4) is 0 Å². The van der Waals surface area contributed by atoms with Crippen molar-refractivity contribution in [2.24, 2.45) is 0 Å². The number of rotatable bonds is 8. The van der Waals surface area contributed by atoms with Gasteiger partial charge in [-0.2, -0.15) is 0 Å². The first-order valence-corrected chi connectivity index (χ1v) is 10.8. The van der Waals surface area contributed by atoms with Gasteiger partial charge in [0.05, 0.1) is 25.1 Å². The van der Waals surface area contributed by atoms with Crippen molar-refractivity contribution >= 4 is 45.5 Å². The summed E-state index contributed by atoms with van der Waals surface area (Å²) in [5.41, 5.74) is 0.237. The summed E-state index contributed by atoms with van der Waals surface area (Å²) in [5.74, 6) is -0.500. The van der Waals surface area contributed by atoms with Gasteiger partial charge in [0, 0.05) is 22.3 Å². The molecule has 0 spiro atoms. The average Bonchev–Trinajstić information content (AvgIpc) is 3.23. The van der Waals surface area contributed by atoms with Gasteiger partial charge in [0.1, 0.15) is 0 Å². The molecule has 2 heterocycles. The highest BCUT2D eigenvalue weighted by atomic mass is 32.1. The molecule has 0 aliphatic rings. The fourth-order valence-corrected chi connectivity index (χ4v) is 3.88. The van der Waals surface area contributed by atoms with Gasteiger partial charge in [-0.15, -0.1) is 22.7 Å². The zero-order valence-electron chi connectivity index (χ0n) is 16.6. The lowest BCUT2D eigenvalue weighted by molar-refractivity contribution is -0.135. The van der Waals surface area contributed by atoms with Crippen LogP contribution in [0.2, 0.25) is 0 Å². The van der Waals surface area contributed by atoms with Crippen LogP contribution in [-0.2, 0) is 27.2 Å². The number of thiazole rings is 1. The highest BCUT2D eigenvalue weighted by Gasteiger charge is 2.20. The molecule has 0 radical (unpaired) electrons. The van der Waals surface area contributed by atoms with Gasteiger partial charge in [-0.1, -0.05) is 6.07 Å². The predicted octanol–water partition coefficient (Wildman–Crippen LogP) is 2.69. The van der Waals surface area contributed by atoms with Crippen LogP contribution in [0.4, 0.5) is 5.13 Å². The number of nitrogens with zero attached hydrogens (tertiary/aromatic N) is 2. The standard InChI is InChI=1S/C19H26N4O3S2/c1-5-23(11-16(25)22-19(2,3)4)17(26)9-13-12-28-18(20-13)21-15(24)10-14-7-6-8-27-14/h6-8,12H,5,9-11H2,1-4H3,(H,22,25)(H,20,21,24). The zero-order chi connectivity index (χ0) is 20.7. The number of aromatic nitrogens is 1. The molecule has 7 nitrogen and oxygen atoms in total. The Balaban J connectivity index is 1.87. The number of nitrogens with one attached hydrogen (secondary N) is 2. The number of carbonyl (C=O) groups excluding carboxylic acids is 3. The van der Waals surface area contributed by atoms with Gasteiger partial charge in [-0.3, -0.25) is 14.4 Å². The van der Waals surface area contributed by atoms with Gasteiger partial charge in [-0.05, 0) is 39.1 Å². The number of likely N-dealkylation sites (N-methyl/N-ethyl adjacent to an activating group) is 1. The molecule has 3 amide bonds. The van der Waals surface area contributed by atoms with Crippen molar-refractivity contribution in [3.63, 3.8) is 0 Å². The molecule has 0 aromatic carbocycles. The van der Waals surface area contributed by atoms with E-state index in [1.54, 1.807) is 5.38 Å². The van der Waals surface area contributed by atoms with E-state index in [-0.39, 0.29) is 36.2 Å². The maximum atomic E-state index is 12.5. The van der Waals surface area contributed by atoms with Crippen LogP contribution < -0.4 is 10.6 Å². The second-order valence-corrected chi connectivity index (χ2v) is 9.22. The predicted molar refractivity (Wildman–Crippen MR) is 113 cm³/mol. The molecular formula is C19H26N4O3S2. The maximum Gasteiger partial charge on any atom is 0.240 e. The van der Waals surface area contributed by atoms with Crippen molar-refractivity contribution in [1.29, 1.82) is 0 Å². The first-order chi connectivity index (χ1) is 13.2. The van der Waals surface area contributed by atoms with Gasteiger partial charge in [0.15, 0.2) is 5.13 Å². The molecule has 28 heavy (non-hydrogen) atoms. The lowest BCUT2D eigenvalue weighted by Crippen LogP contribution is -2.47. The Hall–Kier alpha value is -2.26. The molecule has 0 fully saturated rings. The molecule has 2 aromatic heterocycles. The molecule has 0 unspecified atom stereocenters. The van der Waals surface area contributed by atoms with Crippen LogP contribution in [0.1, 0.15) is 38.3 Å². The molecule has 152 valence electrons. The molecule has 0 saturated carbocycles. The Kier molecular flexibility index (Phi) is 7.70. The Morgan fingerprint density at radius 2 is 1.89 bits per heavy atom. The number of hydrogen-bond acceptors (Lipinski definition) is 6. The van der Waals surface area contributed by atoms with Crippen LogP contribution in [-0.4, -0.2) is 46.2 Å². The largest absolute Gasteiger partial charge is 0.350 e. The third kappa shape index (κ3) is 7.40. The van der Waals surface area contributed by atoms with Gasteiger partial charge in [-0.25, -0.2) is 4.98 Å². The van der Waals surface area contributed by atoms with Crippen molar-refractivity contribution in [1.82, 2.24) is 15.2 Å². The molecule has 0 bridgehead atoms. The third-order valence-electron chi connectivity index (χ3n) is 3.63. The van der Waals surface area contributed by atoms with Crippen LogP contribution in [0.15, 0.2) is 22.9 Å². The van der Waals surface area contributed by atoms with E-state index >= 15 is 0 Å². The topological polar surface area (TPSA) is 91.4 Å². The number of amides is 3. The highest BCUT2D eigenvalue weighted by molar-refractivity contribution is 7.14. The first kappa shape index (κ1) is 22.0. The Morgan fingerprint density at radius 1 is 1.14 bits per heavy atom. The summed E-state index contributed by atoms with van der Waals surface area (Å²) >= 11 is 2.81. The van der Waals surface area contributed by atoms with E-state index in [9.17, 15) is 14.4 Å². The Bertz CT molecular complexity index is 810. The fraction of sp³-hybridized carbons (Fsp3) is 0.474. The minimum atomic E-state index is -0.343. The van der Waals surface area contributed by atoms with Gasteiger partial charge >= 0.3 is 0 Å². The summed E-state index contributed by atoms with van der Waals surface area (Å²) in [7, 11) is 0. The summed E-state index contributed by atoms with van der Waals surface area (Å²) in [6.45, 7) is 7.97. The Morgan fingerprint density at radius 3 is 2.50 bits per heavy atom. The minimum Gasteiger partial charge on any atom is -0.350 e. The summed E-state index contributed by atoms with van der Waals surface area (Å²) in [5, 5.41) is 9.76. The van der Waals surface area contributed by atoms with Crippen LogP contribution >= 0.6 is 22.7 Å². The quantitative estimate of drug-likeness (QED) is 0.684. The van der Waals surface area contributed by atoms with Gasteiger partial charge in [0.2, 0.25) is 17.7 Å². The lowest BCUT2D eigenvalue weighted by Gasteiger charge is -2.25. The van der Waals surface area contributed by atoms with Gasteiger partial charge < -0.3 is 15.5 Å². The molecule has 0 saturated heterocycles. The smallest absolute Gasteiger partial charge is 0.240 e. The minimum absolute atomic E-state index is 0.0150. The van der Waals surface area contributed by atoms with Crippen molar-refractivity contribution in [2.75, 3.05) is 18.4 Å². The van der Waals surface area contributed by atoms with E-state index in [0.717, 1.165) is 4.88 Å². The molecule has 0 aliphatic carbocycles. The van der Waals surface area contributed by atoms with Crippen molar-refractivity contribution in [2.45, 2.75) is 46.1 Å². The maximum absolute atomic E-state index is 12.5. The molecule has 2 rings (SSSR count). The average molecular weight is 423 g/mol. The van der Waals surface area contributed by atoms with Crippen LogP contribution in [0, 0.1) is 0 Å². The number of thiophene rings is 1. The zero-order valence-corrected chi connectivity index (χ0v) is 18.2. The van der Waals surface area contributed by atoms with E-state index in [4.69, 9.17) is 0 Å². The summed E-state index contributed by atoms with van der Waals surface area (Å²) < 4.78 is 0. The molecular weight excluding hydrogens is 396 g/mol. The third-order valence-corrected chi connectivity index (χ3v) is 5.31. The van der Waals surface area contributed by atoms with E-state index in [1.165, 1.54) is 27.6 Å². The van der Waals surface area contributed by atoms with Crippen molar-refractivity contribution < 1.29 is 14.4 Å². The Labute approximate surface area is 173 Å². The van der Waals surface area contributed by atoms with Crippen molar-refractivity contribution in [3.05, 3.63) is 33.5 Å².